The minimum Gasteiger partial charge on any atom is -0.508 e. The van der Waals surface area contributed by atoms with E-state index in [0.717, 1.165) is 11.3 Å². The van der Waals surface area contributed by atoms with Gasteiger partial charge in [-0.3, -0.25) is 0 Å². The average molecular weight is 295 g/mol. The lowest BCUT2D eigenvalue weighted by Gasteiger charge is -2.16. The number of phenols is 1. The summed E-state index contributed by atoms with van der Waals surface area (Å²) in [6, 6.07) is 13.9. The number of hydrogen-bond donors (Lipinski definition) is 2. The molecule has 1 unspecified atom stereocenters. The molecule has 2 rings (SSSR count). The highest BCUT2D eigenvalue weighted by molar-refractivity contribution is 7.99. The smallest absolute Gasteiger partial charge is 0.288 e. The SMILES string of the molecule is CC(Nc1ccc(SC(F)F)cc1)c1ccc(O)cc1. The van der Waals surface area contributed by atoms with Gasteiger partial charge in [-0.25, -0.2) is 0 Å². The molecule has 0 spiro atoms. The summed E-state index contributed by atoms with van der Waals surface area (Å²) in [4.78, 5) is 0.544. The van der Waals surface area contributed by atoms with Crippen molar-refractivity contribution in [2.24, 2.45) is 0 Å². The van der Waals surface area contributed by atoms with E-state index >= 15 is 0 Å². The van der Waals surface area contributed by atoms with Crippen LogP contribution < -0.4 is 5.32 Å². The van der Waals surface area contributed by atoms with Crippen LogP contribution >= 0.6 is 11.8 Å². The van der Waals surface area contributed by atoms with Gasteiger partial charge in [0.25, 0.3) is 5.76 Å². The lowest BCUT2D eigenvalue weighted by Crippen LogP contribution is -2.06. The van der Waals surface area contributed by atoms with E-state index in [2.05, 4.69) is 5.32 Å². The van der Waals surface area contributed by atoms with Gasteiger partial charge in [-0.15, -0.1) is 0 Å². The van der Waals surface area contributed by atoms with Gasteiger partial charge in [-0.2, -0.15) is 8.78 Å². The number of rotatable bonds is 5. The molecule has 0 aliphatic rings. The quantitative estimate of drug-likeness (QED) is 0.771. The first kappa shape index (κ1) is 14.7. The predicted molar refractivity (Wildman–Crippen MR) is 78.4 cm³/mol. The zero-order chi connectivity index (χ0) is 14.5. The largest absolute Gasteiger partial charge is 0.508 e. The summed E-state index contributed by atoms with van der Waals surface area (Å²) in [7, 11) is 0. The van der Waals surface area contributed by atoms with Gasteiger partial charge in [0.2, 0.25) is 0 Å². The van der Waals surface area contributed by atoms with E-state index in [-0.39, 0.29) is 11.8 Å². The van der Waals surface area contributed by atoms with Gasteiger partial charge in [-0.1, -0.05) is 23.9 Å². The van der Waals surface area contributed by atoms with Gasteiger partial charge >= 0.3 is 0 Å². The number of thioether (sulfide) groups is 1. The zero-order valence-electron chi connectivity index (χ0n) is 10.9. The molecule has 0 aliphatic carbocycles. The molecule has 106 valence electrons. The van der Waals surface area contributed by atoms with Crippen molar-refractivity contribution in [3.63, 3.8) is 0 Å². The van der Waals surface area contributed by atoms with E-state index in [4.69, 9.17) is 0 Å². The molecule has 0 radical (unpaired) electrons. The van der Waals surface area contributed by atoms with Crippen molar-refractivity contribution in [3.8, 4) is 5.75 Å². The molecule has 0 saturated heterocycles. The minimum absolute atomic E-state index is 0.0594. The van der Waals surface area contributed by atoms with Crippen molar-refractivity contribution >= 4 is 17.4 Å². The molecule has 5 heteroatoms. The lowest BCUT2D eigenvalue weighted by atomic mass is 10.1. The topological polar surface area (TPSA) is 32.3 Å². The third-order valence-corrected chi connectivity index (χ3v) is 3.58. The maximum absolute atomic E-state index is 12.2. The predicted octanol–water partition coefficient (Wildman–Crippen LogP) is 4.88. The summed E-state index contributed by atoms with van der Waals surface area (Å²) in [5.41, 5.74) is 1.90. The number of alkyl halides is 2. The first-order chi connectivity index (χ1) is 9.54. The highest BCUT2D eigenvalue weighted by Gasteiger charge is 2.07. The number of halogens is 2. The second-order valence-corrected chi connectivity index (χ2v) is 5.42. The van der Waals surface area contributed by atoms with Gasteiger partial charge in [0.1, 0.15) is 5.75 Å². The Balaban J connectivity index is 2.00. The van der Waals surface area contributed by atoms with Crippen molar-refractivity contribution in [1.82, 2.24) is 0 Å². The third-order valence-electron chi connectivity index (χ3n) is 2.86. The van der Waals surface area contributed by atoms with Crippen LogP contribution in [0.5, 0.6) is 5.75 Å². The van der Waals surface area contributed by atoms with Crippen molar-refractivity contribution in [1.29, 1.82) is 0 Å². The van der Waals surface area contributed by atoms with Crippen LogP contribution in [0.15, 0.2) is 53.4 Å². The van der Waals surface area contributed by atoms with Crippen LogP contribution in [0.25, 0.3) is 0 Å². The molecule has 2 nitrogen and oxygen atoms in total. The molecule has 2 aromatic carbocycles. The Kier molecular flexibility index (Phi) is 4.84. The molecule has 0 aromatic heterocycles. The van der Waals surface area contributed by atoms with E-state index in [1.54, 1.807) is 36.4 Å². The Hall–Kier alpha value is -1.75. The Morgan fingerprint density at radius 1 is 1.00 bits per heavy atom. The van der Waals surface area contributed by atoms with E-state index < -0.39 is 5.76 Å². The van der Waals surface area contributed by atoms with Gasteiger partial charge in [0.15, 0.2) is 0 Å². The molecule has 0 saturated carbocycles. The normalized spacial score (nSPS) is 12.4. The summed E-state index contributed by atoms with van der Waals surface area (Å²) in [6.45, 7) is 1.99. The Bertz CT molecular complexity index is 543. The first-order valence-corrected chi connectivity index (χ1v) is 7.03. The summed E-state index contributed by atoms with van der Waals surface area (Å²) in [5.74, 6) is -2.17. The number of hydrogen-bond acceptors (Lipinski definition) is 3. The van der Waals surface area contributed by atoms with Crippen molar-refractivity contribution < 1.29 is 13.9 Å². The highest BCUT2D eigenvalue weighted by Crippen LogP contribution is 2.27. The molecule has 20 heavy (non-hydrogen) atoms. The molecule has 1 atom stereocenters. The van der Waals surface area contributed by atoms with Gasteiger partial charge in [0, 0.05) is 16.6 Å². The number of nitrogens with one attached hydrogen (secondary N) is 1. The monoisotopic (exact) mass is 295 g/mol. The fraction of sp³-hybridized carbons (Fsp3) is 0.200. The Morgan fingerprint density at radius 2 is 1.60 bits per heavy atom. The number of benzene rings is 2. The molecule has 2 N–H and O–H groups in total. The standard InChI is InChI=1S/C15H15F2NOS/c1-10(11-2-6-13(19)7-3-11)18-12-4-8-14(9-5-12)20-15(16)17/h2-10,15,18-19H,1H3. The van der Waals surface area contributed by atoms with Crippen LogP contribution in [-0.4, -0.2) is 10.9 Å². The van der Waals surface area contributed by atoms with Crippen LogP contribution in [0.3, 0.4) is 0 Å². The first-order valence-electron chi connectivity index (χ1n) is 6.15. The minimum atomic E-state index is -2.40. The maximum atomic E-state index is 12.2. The van der Waals surface area contributed by atoms with Crippen molar-refractivity contribution in [2.75, 3.05) is 5.32 Å². The summed E-state index contributed by atoms with van der Waals surface area (Å²) in [6.07, 6.45) is 0. The Labute approximate surface area is 120 Å². The molecular weight excluding hydrogens is 280 g/mol. The van der Waals surface area contributed by atoms with E-state index in [1.807, 2.05) is 19.1 Å². The maximum Gasteiger partial charge on any atom is 0.288 e. The molecule has 0 amide bonds. The molecule has 0 heterocycles. The fourth-order valence-electron chi connectivity index (χ4n) is 1.83. The van der Waals surface area contributed by atoms with Crippen LogP contribution in [0.1, 0.15) is 18.5 Å². The van der Waals surface area contributed by atoms with E-state index in [0.29, 0.717) is 16.7 Å². The number of anilines is 1. The number of aromatic hydroxyl groups is 1. The Morgan fingerprint density at radius 3 is 2.15 bits per heavy atom. The van der Waals surface area contributed by atoms with E-state index in [1.165, 1.54) is 0 Å². The third kappa shape index (κ3) is 4.13. The van der Waals surface area contributed by atoms with Crippen LogP contribution in [0.2, 0.25) is 0 Å². The average Bonchev–Trinajstić information content (AvgIpc) is 2.41. The van der Waals surface area contributed by atoms with Crippen LogP contribution in [0.4, 0.5) is 14.5 Å². The molecule has 0 bridgehead atoms. The van der Waals surface area contributed by atoms with Crippen LogP contribution in [0, 0.1) is 0 Å². The second-order valence-electron chi connectivity index (χ2n) is 4.36. The fourth-order valence-corrected chi connectivity index (χ4v) is 2.33. The highest BCUT2D eigenvalue weighted by atomic mass is 32.2. The van der Waals surface area contributed by atoms with Crippen molar-refractivity contribution in [3.05, 3.63) is 54.1 Å². The number of phenolic OH excluding ortho intramolecular Hbond substituents is 1. The molecule has 0 aliphatic heterocycles. The van der Waals surface area contributed by atoms with Crippen molar-refractivity contribution in [2.45, 2.75) is 23.6 Å². The molecule has 0 fully saturated rings. The summed E-state index contributed by atoms with van der Waals surface area (Å²) >= 11 is 0.535. The van der Waals surface area contributed by atoms with Crippen LogP contribution in [-0.2, 0) is 0 Å². The van der Waals surface area contributed by atoms with Gasteiger partial charge in [-0.05, 0) is 48.9 Å². The lowest BCUT2D eigenvalue weighted by molar-refractivity contribution is 0.252. The second kappa shape index (κ2) is 6.61. The van der Waals surface area contributed by atoms with Gasteiger partial charge in [0.05, 0.1) is 0 Å². The molecular formula is C15H15F2NOS. The summed E-state index contributed by atoms with van der Waals surface area (Å²) in [5, 5.41) is 12.5. The summed E-state index contributed by atoms with van der Waals surface area (Å²) < 4.78 is 24.4. The van der Waals surface area contributed by atoms with E-state index in [9.17, 15) is 13.9 Å². The molecule has 2 aromatic rings. The van der Waals surface area contributed by atoms with Gasteiger partial charge < -0.3 is 10.4 Å². The zero-order valence-corrected chi connectivity index (χ0v) is 11.7.